The van der Waals surface area contributed by atoms with Crippen molar-refractivity contribution in [1.29, 1.82) is 0 Å². The summed E-state index contributed by atoms with van der Waals surface area (Å²) in [6.07, 6.45) is 12.5. The SMILES string of the molecule is CC(=CN1CC(C)OC(C)C1)Cc1ccc(CC2CCCCC2)cc1. The third-order valence-electron chi connectivity index (χ3n) is 5.61. The number of ether oxygens (including phenoxy) is 1. The van der Waals surface area contributed by atoms with Crippen LogP contribution < -0.4 is 0 Å². The summed E-state index contributed by atoms with van der Waals surface area (Å²) >= 11 is 0. The normalized spacial score (nSPS) is 26.0. The smallest absolute Gasteiger partial charge is 0.0726 e. The van der Waals surface area contributed by atoms with Crippen LogP contribution in [0.2, 0.25) is 0 Å². The number of benzene rings is 1. The molecule has 1 aliphatic heterocycles. The maximum Gasteiger partial charge on any atom is 0.0726 e. The Labute approximate surface area is 154 Å². The highest BCUT2D eigenvalue weighted by atomic mass is 16.5. The minimum absolute atomic E-state index is 0.326. The molecule has 0 radical (unpaired) electrons. The highest BCUT2D eigenvalue weighted by Gasteiger charge is 2.20. The van der Waals surface area contributed by atoms with Gasteiger partial charge in [0.15, 0.2) is 0 Å². The summed E-state index contributed by atoms with van der Waals surface area (Å²) in [7, 11) is 0. The van der Waals surface area contributed by atoms with E-state index in [1.807, 2.05) is 0 Å². The zero-order valence-corrected chi connectivity index (χ0v) is 16.3. The predicted molar refractivity (Wildman–Crippen MR) is 106 cm³/mol. The second kappa shape index (κ2) is 8.89. The highest BCUT2D eigenvalue weighted by Crippen LogP contribution is 2.27. The molecule has 1 aromatic rings. The maximum atomic E-state index is 5.82. The lowest BCUT2D eigenvalue weighted by Crippen LogP contribution is -2.42. The van der Waals surface area contributed by atoms with Gasteiger partial charge in [0.05, 0.1) is 12.2 Å². The first-order valence-corrected chi connectivity index (χ1v) is 10.2. The Hall–Kier alpha value is -1.28. The molecule has 2 nitrogen and oxygen atoms in total. The van der Waals surface area contributed by atoms with Crippen molar-refractivity contribution in [3.63, 3.8) is 0 Å². The zero-order valence-electron chi connectivity index (χ0n) is 16.3. The van der Waals surface area contributed by atoms with Crippen molar-refractivity contribution in [3.8, 4) is 0 Å². The predicted octanol–water partition coefficient (Wildman–Crippen LogP) is 5.36. The lowest BCUT2D eigenvalue weighted by Gasteiger charge is -2.35. The average molecular weight is 342 g/mol. The van der Waals surface area contributed by atoms with E-state index in [0.29, 0.717) is 12.2 Å². The van der Waals surface area contributed by atoms with Crippen molar-refractivity contribution >= 4 is 0 Å². The molecule has 2 fully saturated rings. The lowest BCUT2D eigenvalue weighted by atomic mass is 9.85. The van der Waals surface area contributed by atoms with Gasteiger partial charge in [0.1, 0.15) is 0 Å². The van der Waals surface area contributed by atoms with Crippen molar-refractivity contribution in [3.05, 3.63) is 47.2 Å². The number of hydrogen-bond donors (Lipinski definition) is 0. The van der Waals surface area contributed by atoms with Crippen LogP contribution in [0.25, 0.3) is 0 Å². The van der Waals surface area contributed by atoms with Gasteiger partial charge in [-0.1, -0.05) is 61.9 Å². The summed E-state index contributed by atoms with van der Waals surface area (Å²) in [5.41, 5.74) is 4.38. The van der Waals surface area contributed by atoms with Crippen molar-refractivity contribution < 1.29 is 4.74 Å². The molecule has 0 aromatic heterocycles. The summed E-state index contributed by atoms with van der Waals surface area (Å²) in [5.74, 6) is 0.923. The molecule has 1 saturated carbocycles. The van der Waals surface area contributed by atoms with Gasteiger partial charge in [0, 0.05) is 13.1 Å². The monoisotopic (exact) mass is 341 g/mol. The van der Waals surface area contributed by atoms with Crippen LogP contribution in [0.5, 0.6) is 0 Å². The molecule has 0 N–H and O–H groups in total. The van der Waals surface area contributed by atoms with Gasteiger partial charge in [-0.2, -0.15) is 0 Å². The summed E-state index contributed by atoms with van der Waals surface area (Å²) in [4.78, 5) is 2.42. The molecule has 0 amide bonds. The standard InChI is InChI=1S/C23H35NO/c1-18(15-24-16-19(2)25-20(3)17-24)13-22-9-11-23(12-10-22)14-21-7-5-4-6-8-21/h9-12,15,19-21H,4-8,13-14,16-17H2,1-3H3. The van der Waals surface area contributed by atoms with E-state index in [9.17, 15) is 0 Å². The molecule has 2 unspecified atom stereocenters. The fourth-order valence-electron chi connectivity index (χ4n) is 4.52. The van der Waals surface area contributed by atoms with E-state index in [1.54, 1.807) is 0 Å². The molecule has 1 aromatic carbocycles. The minimum atomic E-state index is 0.326. The second-order valence-electron chi connectivity index (χ2n) is 8.39. The molecule has 138 valence electrons. The number of allylic oxidation sites excluding steroid dienone is 1. The molecule has 0 bridgehead atoms. The van der Waals surface area contributed by atoms with Crippen LogP contribution in [0.4, 0.5) is 0 Å². The Morgan fingerprint density at radius 1 is 1.00 bits per heavy atom. The summed E-state index contributed by atoms with van der Waals surface area (Å²) in [6.45, 7) is 8.58. The number of nitrogens with zero attached hydrogens (tertiary/aromatic N) is 1. The van der Waals surface area contributed by atoms with Crippen molar-refractivity contribution in [2.45, 2.75) is 77.9 Å². The number of hydrogen-bond acceptors (Lipinski definition) is 2. The Morgan fingerprint density at radius 3 is 2.24 bits per heavy atom. The molecule has 2 heteroatoms. The van der Waals surface area contributed by atoms with Gasteiger partial charge >= 0.3 is 0 Å². The average Bonchev–Trinajstić information content (AvgIpc) is 2.56. The number of rotatable bonds is 5. The maximum absolute atomic E-state index is 5.82. The van der Waals surface area contributed by atoms with Gasteiger partial charge in [-0.05, 0) is 56.9 Å². The molecule has 1 aliphatic carbocycles. The Kier molecular flexibility index (Phi) is 6.58. The molecule has 2 atom stereocenters. The van der Waals surface area contributed by atoms with Crippen molar-refractivity contribution in [2.75, 3.05) is 13.1 Å². The third-order valence-corrected chi connectivity index (χ3v) is 5.61. The topological polar surface area (TPSA) is 12.5 Å². The molecular formula is C23H35NO. The minimum Gasteiger partial charge on any atom is -0.372 e. The summed E-state index contributed by atoms with van der Waals surface area (Å²) in [6, 6.07) is 9.38. The Balaban J connectivity index is 1.52. The molecule has 3 rings (SSSR count). The fourth-order valence-corrected chi connectivity index (χ4v) is 4.52. The highest BCUT2D eigenvalue weighted by molar-refractivity contribution is 5.26. The summed E-state index contributed by atoms with van der Waals surface area (Å²) in [5, 5.41) is 0. The van der Waals surface area contributed by atoms with E-state index in [-0.39, 0.29) is 0 Å². The fraction of sp³-hybridized carbons (Fsp3) is 0.652. The van der Waals surface area contributed by atoms with Gasteiger partial charge in [-0.25, -0.2) is 0 Å². The molecule has 25 heavy (non-hydrogen) atoms. The van der Waals surface area contributed by atoms with Crippen LogP contribution in [-0.4, -0.2) is 30.2 Å². The first kappa shape index (κ1) is 18.5. The van der Waals surface area contributed by atoms with Crippen molar-refractivity contribution in [1.82, 2.24) is 4.90 Å². The van der Waals surface area contributed by atoms with E-state index in [4.69, 9.17) is 4.74 Å². The van der Waals surface area contributed by atoms with Crippen LogP contribution in [0.15, 0.2) is 36.0 Å². The first-order chi connectivity index (χ1) is 12.1. The molecule has 1 heterocycles. The van der Waals surface area contributed by atoms with Gasteiger partial charge in [-0.15, -0.1) is 0 Å². The van der Waals surface area contributed by atoms with Gasteiger partial charge < -0.3 is 9.64 Å². The van der Waals surface area contributed by atoms with E-state index < -0.39 is 0 Å². The zero-order chi connectivity index (χ0) is 17.6. The van der Waals surface area contributed by atoms with Crippen LogP contribution >= 0.6 is 0 Å². The van der Waals surface area contributed by atoms with Crippen LogP contribution in [0.3, 0.4) is 0 Å². The van der Waals surface area contributed by atoms with Crippen molar-refractivity contribution in [2.24, 2.45) is 5.92 Å². The molecule has 2 aliphatic rings. The lowest BCUT2D eigenvalue weighted by molar-refractivity contribution is -0.0543. The Morgan fingerprint density at radius 2 is 1.60 bits per heavy atom. The number of morpholine rings is 1. The van der Waals surface area contributed by atoms with Gasteiger partial charge in [-0.3, -0.25) is 0 Å². The van der Waals surface area contributed by atoms with Crippen LogP contribution in [0.1, 0.15) is 64.0 Å². The first-order valence-electron chi connectivity index (χ1n) is 10.2. The van der Waals surface area contributed by atoms with E-state index in [2.05, 4.69) is 56.1 Å². The van der Waals surface area contributed by atoms with Crippen LogP contribution in [-0.2, 0) is 17.6 Å². The van der Waals surface area contributed by atoms with Gasteiger partial charge in [0.25, 0.3) is 0 Å². The van der Waals surface area contributed by atoms with Gasteiger partial charge in [0.2, 0.25) is 0 Å². The summed E-state index contributed by atoms with van der Waals surface area (Å²) < 4.78 is 5.82. The third kappa shape index (κ3) is 5.88. The molecule has 0 spiro atoms. The largest absolute Gasteiger partial charge is 0.372 e. The van der Waals surface area contributed by atoms with Crippen LogP contribution in [0, 0.1) is 5.92 Å². The molecule has 1 saturated heterocycles. The van der Waals surface area contributed by atoms with E-state index >= 15 is 0 Å². The Bertz CT molecular complexity index is 546. The molecular weight excluding hydrogens is 306 g/mol. The second-order valence-corrected chi connectivity index (χ2v) is 8.39. The quantitative estimate of drug-likeness (QED) is 0.714. The van der Waals surface area contributed by atoms with E-state index in [0.717, 1.165) is 25.4 Å². The van der Waals surface area contributed by atoms with E-state index in [1.165, 1.54) is 55.2 Å².